The van der Waals surface area contributed by atoms with Crippen molar-refractivity contribution >= 4 is 41.4 Å². The quantitative estimate of drug-likeness (QED) is 0.475. The van der Waals surface area contributed by atoms with E-state index >= 15 is 0 Å². The van der Waals surface area contributed by atoms with Crippen LogP contribution in [0.4, 0.5) is 20.1 Å². The van der Waals surface area contributed by atoms with E-state index in [0.717, 1.165) is 15.7 Å². The second-order valence-electron chi connectivity index (χ2n) is 6.95. The van der Waals surface area contributed by atoms with Gasteiger partial charge in [-0.3, -0.25) is 0 Å². The fourth-order valence-electron chi connectivity index (χ4n) is 3.22. The fourth-order valence-corrected chi connectivity index (χ4v) is 3.22. The molecular weight excluding hydrogens is 371 g/mol. The summed E-state index contributed by atoms with van der Waals surface area (Å²) in [7, 11) is -0.304. The van der Waals surface area contributed by atoms with E-state index in [4.69, 9.17) is 4.65 Å². The zero-order valence-corrected chi connectivity index (χ0v) is 16.2. The summed E-state index contributed by atoms with van der Waals surface area (Å²) in [5, 5.41) is 0.707. The Morgan fingerprint density at radius 3 is 2.41 bits per heavy atom. The van der Waals surface area contributed by atoms with Gasteiger partial charge in [0.1, 0.15) is 0 Å². The number of para-hydroxylation sites is 1. The van der Waals surface area contributed by atoms with Crippen LogP contribution in [-0.4, -0.2) is 27.0 Å². The van der Waals surface area contributed by atoms with Crippen LogP contribution in [0, 0.1) is 0 Å². The molecule has 0 radical (unpaired) electrons. The maximum absolute atomic E-state index is 14.7. The van der Waals surface area contributed by atoms with Gasteiger partial charge in [-0.1, -0.05) is 48.6 Å². The topological polar surface area (TPSA) is 28.7 Å². The molecule has 0 saturated carbocycles. The van der Waals surface area contributed by atoms with Gasteiger partial charge in [0.05, 0.1) is 5.52 Å². The second kappa shape index (κ2) is 7.51. The number of fused-ring (bicyclic) bond motifs is 3. The van der Waals surface area contributed by atoms with Crippen LogP contribution in [0.15, 0.2) is 83.9 Å². The third-order valence-corrected chi connectivity index (χ3v) is 4.69. The summed E-state index contributed by atoms with van der Waals surface area (Å²) in [5.74, 6) is 0.0562. The van der Waals surface area contributed by atoms with Crippen LogP contribution < -0.4 is 9.38 Å². The molecule has 3 aromatic rings. The average Bonchev–Trinajstić information content (AvgIpc) is 2.70. The first-order chi connectivity index (χ1) is 13.9. The largest absolute Gasteiger partial charge is 0.737 e. The van der Waals surface area contributed by atoms with Gasteiger partial charge in [0, 0.05) is 37.3 Å². The molecule has 4 nitrogen and oxygen atoms in total. The monoisotopic (exact) mass is 391 g/mol. The van der Waals surface area contributed by atoms with Crippen molar-refractivity contribution in [2.24, 2.45) is 4.99 Å². The molecule has 1 aliphatic heterocycles. The van der Waals surface area contributed by atoms with Gasteiger partial charge in [0.2, 0.25) is 0 Å². The summed E-state index contributed by atoms with van der Waals surface area (Å²) in [6.45, 7) is 0. The van der Waals surface area contributed by atoms with Crippen LogP contribution in [0.5, 0.6) is 0 Å². The van der Waals surface area contributed by atoms with Crippen molar-refractivity contribution < 1.29 is 17.8 Å². The van der Waals surface area contributed by atoms with Gasteiger partial charge in [-0.15, -0.1) is 0 Å². The van der Waals surface area contributed by atoms with Gasteiger partial charge < -0.3 is 22.7 Å². The van der Waals surface area contributed by atoms with Crippen LogP contribution in [0.3, 0.4) is 0 Å². The molecule has 0 bridgehead atoms. The minimum Gasteiger partial charge on any atom is -0.590 e. The number of nitrogens with zero attached hydrogens (tertiary/aromatic N) is 3. The molecule has 0 amide bonds. The number of hydrogen-bond acceptors (Lipinski definition) is 3. The smallest absolute Gasteiger partial charge is 0.590 e. The van der Waals surface area contributed by atoms with E-state index in [9.17, 15) is 8.63 Å². The van der Waals surface area contributed by atoms with Crippen LogP contribution in [0.1, 0.15) is 5.56 Å². The van der Waals surface area contributed by atoms with Crippen molar-refractivity contribution in [2.45, 2.75) is 0 Å². The van der Waals surface area contributed by atoms with Crippen molar-refractivity contribution in [3.8, 4) is 0 Å². The molecule has 2 heterocycles. The number of hydrogen-bond donors (Lipinski definition) is 0. The standard InChI is InChI=1S/C22H20BF2N3O/c1-27(2)19-14-11-17(12-15-19)7-3-6-10-22-26-21-16-13-18-8-4-5-9-20(18)28(21)23(24,25)29-22/h3-16H,1-2H3/b7-3+,10-6+. The number of pyridine rings is 1. The van der Waals surface area contributed by atoms with E-state index < -0.39 is 7.04 Å². The molecule has 0 saturated heterocycles. The Bertz CT molecular complexity index is 1140. The zero-order chi connectivity index (χ0) is 20.4. The van der Waals surface area contributed by atoms with Crippen molar-refractivity contribution in [3.05, 3.63) is 84.5 Å². The van der Waals surface area contributed by atoms with E-state index in [0.29, 0.717) is 10.9 Å². The van der Waals surface area contributed by atoms with Gasteiger partial charge >= 0.3 is 7.04 Å². The van der Waals surface area contributed by atoms with Crippen molar-refractivity contribution in [1.82, 2.24) is 0 Å². The highest BCUT2D eigenvalue weighted by Gasteiger charge is 2.46. The Morgan fingerprint density at radius 1 is 0.931 bits per heavy atom. The van der Waals surface area contributed by atoms with Gasteiger partial charge in [0.15, 0.2) is 0 Å². The highest BCUT2D eigenvalue weighted by Crippen LogP contribution is 2.24. The minimum absolute atomic E-state index is 0.113. The molecule has 1 aromatic heterocycles. The number of rotatable bonds is 4. The number of aliphatic imine (C=N–C) groups is 1. The lowest BCUT2D eigenvalue weighted by molar-refractivity contribution is -0.540. The Balaban J connectivity index is 1.57. The fraction of sp³-hybridized carbons (Fsp3) is 0.0909. The highest BCUT2D eigenvalue weighted by atomic mass is 19.3. The third kappa shape index (κ3) is 3.89. The number of halogens is 2. The summed E-state index contributed by atoms with van der Waals surface area (Å²) < 4.78 is 35.2. The molecule has 0 N–H and O–H groups in total. The van der Waals surface area contributed by atoms with E-state index in [2.05, 4.69) is 4.99 Å². The van der Waals surface area contributed by atoms with Crippen LogP contribution in [-0.2, 0) is 4.65 Å². The summed E-state index contributed by atoms with van der Waals surface area (Å²) in [6, 6.07) is 18.3. The Hall–Kier alpha value is -3.48. The van der Waals surface area contributed by atoms with Gasteiger partial charge in [-0.25, -0.2) is 0 Å². The first kappa shape index (κ1) is 18.9. The predicted octanol–water partition coefficient (Wildman–Crippen LogP) is 4.75. The van der Waals surface area contributed by atoms with Crippen molar-refractivity contribution in [1.29, 1.82) is 0 Å². The maximum atomic E-state index is 14.7. The molecule has 0 fully saturated rings. The summed E-state index contributed by atoms with van der Waals surface area (Å²) >= 11 is 0. The number of aromatic nitrogens is 1. The molecule has 0 aliphatic carbocycles. The lowest BCUT2D eigenvalue weighted by atomic mass is 10.0. The average molecular weight is 391 g/mol. The highest BCUT2D eigenvalue weighted by molar-refractivity contribution is 6.53. The molecular formula is C22H20BF2N3O. The molecule has 0 spiro atoms. The maximum Gasteiger partial charge on any atom is 0.737 e. The van der Waals surface area contributed by atoms with Crippen molar-refractivity contribution in [3.63, 3.8) is 0 Å². The van der Waals surface area contributed by atoms with E-state index in [-0.39, 0.29) is 11.7 Å². The molecule has 7 heteroatoms. The van der Waals surface area contributed by atoms with Crippen LogP contribution in [0.25, 0.3) is 17.0 Å². The van der Waals surface area contributed by atoms with Crippen LogP contribution in [0.2, 0.25) is 0 Å². The molecule has 4 rings (SSSR count). The van der Waals surface area contributed by atoms with Gasteiger partial charge in [-0.05, 0) is 34.8 Å². The van der Waals surface area contributed by atoms with E-state index in [1.54, 1.807) is 42.5 Å². The van der Waals surface area contributed by atoms with Gasteiger partial charge in [-0.2, -0.15) is 0 Å². The van der Waals surface area contributed by atoms with E-state index in [1.165, 1.54) is 6.08 Å². The lowest BCUT2D eigenvalue weighted by Crippen LogP contribution is -2.63. The Kier molecular flexibility index (Phi) is 4.88. The molecule has 0 atom stereocenters. The Morgan fingerprint density at radius 2 is 1.66 bits per heavy atom. The lowest BCUT2D eigenvalue weighted by Gasteiger charge is -2.27. The van der Waals surface area contributed by atoms with Crippen LogP contribution >= 0.6 is 0 Å². The minimum atomic E-state index is -4.27. The first-order valence-corrected chi connectivity index (χ1v) is 9.28. The molecule has 1 aliphatic rings. The molecule has 146 valence electrons. The first-order valence-electron chi connectivity index (χ1n) is 9.28. The summed E-state index contributed by atoms with van der Waals surface area (Å²) in [4.78, 5) is 6.25. The van der Waals surface area contributed by atoms with Crippen molar-refractivity contribution in [2.75, 3.05) is 19.0 Å². The van der Waals surface area contributed by atoms with Gasteiger partial charge in [0.25, 0.3) is 11.7 Å². The molecule has 2 aromatic carbocycles. The molecule has 29 heavy (non-hydrogen) atoms. The predicted molar refractivity (Wildman–Crippen MR) is 115 cm³/mol. The number of anilines is 1. The summed E-state index contributed by atoms with van der Waals surface area (Å²) in [5.41, 5.74) is 2.51. The SMILES string of the molecule is CN(C)c1ccc(/C=C/C=C/C2=Nc3ccc4ccccc4[n+]3[B-](F)(F)O2)cc1. The van der Waals surface area contributed by atoms with E-state index in [1.807, 2.05) is 55.4 Å². The normalized spacial score (nSPS) is 15.4. The second-order valence-corrected chi connectivity index (χ2v) is 6.95. The zero-order valence-electron chi connectivity index (χ0n) is 16.2. The number of allylic oxidation sites excluding steroid dienone is 2. The number of benzene rings is 2. The molecule has 0 unspecified atom stereocenters. The third-order valence-electron chi connectivity index (χ3n) is 4.69. The summed E-state index contributed by atoms with van der Waals surface area (Å²) in [6.07, 6.45) is 6.74. The Labute approximate surface area is 168 Å².